The first-order valence-corrected chi connectivity index (χ1v) is 8.52. The van der Waals surface area contributed by atoms with Gasteiger partial charge in [0.25, 0.3) is 0 Å². The van der Waals surface area contributed by atoms with Gasteiger partial charge in [-0.25, -0.2) is 4.39 Å². The highest BCUT2D eigenvalue weighted by molar-refractivity contribution is 14.0. The highest BCUT2D eigenvalue weighted by Gasteiger charge is 2.05. The van der Waals surface area contributed by atoms with Gasteiger partial charge in [-0.1, -0.05) is 12.1 Å². The van der Waals surface area contributed by atoms with E-state index in [1.807, 2.05) is 36.5 Å². The van der Waals surface area contributed by atoms with Crippen molar-refractivity contribution in [2.75, 3.05) is 20.7 Å². The maximum atomic E-state index is 13.3. The van der Waals surface area contributed by atoms with Crippen molar-refractivity contribution in [2.24, 2.45) is 4.99 Å². The first-order valence-electron chi connectivity index (χ1n) is 8.52. The number of aromatic nitrogens is 1. The summed E-state index contributed by atoms with van der Waals surface area (Å²) < 4.78 is 18.4. The lowest BCUT2D eigenvalue weighted by molar-refractivity contribution is 0.414. The molecule has 0 bridgehead atoms. The minimum absolute atomic E-state index is 0. The number of fused-ring (bicyclic) bond motifs is 1. The van der Waals surface area contributed by atoms with Crippen LogP contribution in [0.3, 0.4) is 0 Å². The third kappa shape index (κ3) is 5.59. The van der Waals surface area contributed by atoms with Gasteiger partial charge in [0.15, 0.2) is 5.96 Å². The molecular formula is C20H24FIN4O. The molecule has 3 aromatic rings. The summed E-state index contributed by atoms with van der Waals surface area (Å²) in [6.07, 6.45) is 2.74. The summed E-state index contributed by atoms with van der Waals surface area (Å²) >= 11 is 0. The molecule has 0 saturated carbocycles. The number of benzene rings is 2. The molecule has 5 nitrogen and oxygen atoms in total. The second-order valence-corrected chi connectivity index (χ2v) is 5.95. The zero-order valence-corrected chi connectivity index (χ0v) is 17.7. The molecule has 0 aliphatic carbocycles. The molecule has 1 aromatic heterocycles. The number of hydrogen-bond donors (Lipinski definition) is 3. The summed E-state index contributed by atoms with van der Waals surface area (Å²) in [5, 5.41) is 7.64. The summed E-state index contributed by atoms with van der Waals surface area (Å²) in [5.41, 5.74) is 3.12. The second kappa shape index (κ2) is 10.1. The fourth-order valence-corrected chi connectivity index (χ4v) is 2.83. The summed E-state index contributed by atoms with van der Waals surface area (Å²) in [6, 6.07) is 12.7. The van der Waals surface area contributed by atoms with Crippen LogP contribution in [0.5, 0.6) is 5.75 Å². The average molecular weight is 482 g/mol. The summed E-state index contributed by atoms with van der Waals surface area (Å²) in [4.78, 5) is 7.36. The van der Waals surface area contributed by atoms with E-state index < -0.39 is 0 Å². The molecule has 0 atom stereocenters. The van der Waals surface area contributed by atoms with E-state index in [4.69, 9.17) is 4.74 Å². The molecule has 7 heteroatoms. The van der Waals surface area contributed by atoms with Crippen LogP contribution in [0.2, 0.25) is 0 Å². The first-order chi connectivity index (χ1) is 12.7. The molecule has 2 aromatic carbocycles. The molecule has 0 amide bonds. The van der Waals surface area contributed by atoms with Crippen LogP contribution in [0.25, 0.3) is 10.9 Å². The van der Waals surface area contributed by atoms with E-state index in [1.165, 1.54) is 12.1 Å². The Kier molecular flexibility index (Phi) is 7.90. The Labute approximate surface area is 175 Å². The molecule has 0 fully saturated rings. The topological polar surface area (TPSA) is 61.4 Å². The van der Waals surface area contributed by atoms with Gasteiger partial charge in [0, 0.05) is 37.2 Å². The average Bonchev–Trinajstić information content (AvgIpc) is 3.07. The molecule has 144 valence electrons. The van der Waals surface area contributed by atoms with Gasteiger partial charge >= 0.3 is 0 Å². The van der Waals surface area contributed by atoms with Crippen LogP contribution in [0.15, 0.2) is 53.7 Å². The number of guanidine groups is 1. The number of aromatic amines is 1. The van der Waals surface area contributed by atoms with Crippen molar-refractivity contribution in [2.45, 2.75) is 13.0 Å². The van der Waals surface area contributed by atoms with Gasteiger partial charge in [-0.05, 0) is 47.9 Å². The summed E-state index contributed by atoms with van der Waals surface area (Å²) in [7, 11) is 3.40. The van der Waals surface area contributed by atoms with Gasteiger partial charge in [0.1, 0.15) is 11.6 Å². The van der Waals surface area contributed by atoms with Crippen molar-refractivity contribution in [1.82, 2.24) is 15.6 Å². The van der Waals surface area contributed by atoms with Crippen molar-refractivity contribution in [3.63, 3.8) is 0 Å². The molecule has 1 heterocycles. The van der Waals surface area contributed by atoms with Crippen molar-refractivity contribution in [3.05, 3.63) is 65.6 Å². The predicted molar refractivity (Wildman–Crippen MR) is 119 cm³/mol. The zero-order valence-electron chi connectivity index (χ0n) is 15.4. The Bertz CT molecular complexity index is 893. The van der Waals surface area contributed by atoms with Crippen molar-refractivity contribution < 1.29 is 9.13 Å². The lowest BCUT2D eigenvalue weighted by Crippen LogP contribution is -2.37. The number of methoxy groups -OCH3 is 1. The smallest absolute Gasteiger partial charge is 0.191 e. The van der Waals surface area contributed by atoms with E-state index in [0.717, 1.165) is 46.7 Å². The molecule has 3 rings (SSSR count). The van der Waals surface area contributed by atoms with Gasteiger partial charge in [0.05, 0.1) is 7.11 Å². The van der Waals surface area contributed by atoms with E-state index in [9.17, 15) is 4.39 Å². The molecule has 3 N–H and O–H groups in total. The fraction of sp³-hybridized carbons (Fsp3) is 0.250. The van der Waals surface area contributed by atoms with E-state index in [-0.39, 0.29) is 29.8 Å². The van der Waals surface area contributed by atoms with Crippen LogP contribution < -0.4 is 15.4 Å². The number of nitrogens with zero attached hydrogens (tertiary/aromatic N) is 1. The molecular weight excluding hydrogens is 458 g/mol. The Hall–Kier alpha value is -2.29. The Morgan fingerprint density at radius 1 is 1.15 bits per heavy atom. The van der Waals surface area contributed by atoms with Crippen molar-refractivity contribution in [3.8, 4) is 5.75 Å². The Balaban J connectivity index is 0.00000261. The molecule has 0 saturated heterocycles. The number of hydrogen-bond acceptors (Lipinski definition) is 2. The molecule has 27 heavy (non-hydrogen) atoms. The number of rotatable bonds is 6. The minimum atomic E-state index is -0.229. The van der Waals surface area contributed by atoms with Crippen LogP contribution >= 0.6 is 24.0 Å². The van der Waals surface area contributed by atoms with Crippen LogP contribution in [0.4, 0.5) is 4.39 Å². The van der Waals surface area contributed by atoms with E-state index >= 15 is 0 Å². The number of H-pyrrole nitrogens is 1. The van der Waals surface area contributed by atoms with Gasteiger partial charge < -0.3 is 20.4 Å². The van der Waals surface area contributed by atoms with Crippen LogP contribution in [-0.2, 0) is 13.0 Å². The highest BCUT2D eigenvalue weighted by Crippen LogP contribution is 2.19. The minimum Gasteiger partial charge on any atom is -0.497 e. The van der Waals surface area contributed by atoms with Crippen LogP contribution in [0.1, 0.15) is 11.1 Å². The van der Waals surface area contributed by atoms with E-state index in [2.05, 4.69) is 20.6 Å². The van der Waals surface area contributed by atoms with Gasteiger partial charge in [-0.15, -0.1) is 24.0 Å². The maximum absolute atomic E-state index is 13.3. The standard InChI is InChI=1S/C20H23FN4O.HI/c1-22-20(25-12-14-3-6-17(26-2)7-4-14)23-10-9-15-13-24-19-11-16(21)5-8-18(15)19;/h3-8,11,13,24H,9-10,12H2,1-2H3,(H2,22,23,25);1H. The lowest BCUT2D eigenvalue weighted by Gasteiger charge is -2.12. The third-order valence-electron chi connectivity index (χ3n) is 4.26. The van der Waals surface area contributed by atoms with Gasteiger partial charge in [-0.3, -0.25) is 4.99 Å². The predicted octanol–water partition coefficient (Wildman–Crippen LogP) is 3.84. The monoisotopic (exact) mass is 482 g/mol. The highest BCUT2D eigenvalue weighted by atomic mass is 127. The molecule has 0 aliphatic heterocycles. The van der Waals surface area contributed by atoms with Gasteiger partial charge in [-0.2, -0.15) is 0 Å². The summed E-state index contributed by atoms with van der Waals surface area (Å²) in [6.45, 7) is 1.41. The third-order valence-corrected chi connectivity index (χ3v) is 4.26. The number of ether oxygens (including phenoxy) is 1. The number of nitrogens with one attached hydrogen (secondary N) is 3. The normalized spacial score (nSPS) is 11.1. The number of aliphatic imine (C=N–C) groups is 1. The van der Waals surface area contributed by atoms with Gasteiger partial charge in [0.2, 0.25) is 0 Å². The Morgan fingerprint density at radius 2 is 1.93 bits per heavy atom. The van der Waals surface area contributed by atoms with Crippen molar-refractivity contribution in [1.29, 1.82) is 0 Å². The Morgan fingerprint density at radius 3 is 2.63 bits per heavy atom. The SMILES string of the molecule is CN=C(NCCc1c[nH]c2cc(F)ccc12)NCc1ccc(OC)cc1.I. The summed E-state index contributed by atoms with van der Waals surface area (Å²) in [5.74, 6) is 1.36. The van der Waals surface area contributed by atoms with Crippen molar-refractivity contribution >= 4 is 40.8 Å². The fourth-order valence-electron chi connectivity index (χ4n) is 2.83. The molecule has 0 aliphatic rings. The molecule has 0 unspecified atom stereocenters. The van der Waals surface area contributed by atoms with E-state index in [1.54, 1.807) is 14.2 Å². The van der Waals surface area contributed by atoms with E-state index in [0.29, 0.717) is 6.54 Å². The maximum Gasteiger partial charge on any atom is 0.191 e. The lowest BCUT2D eigenvalue weighted by atomic mass is 10.1. The van der Waals surface area contributed by atoms with Crippen LogP contribution in [-0.4, -0.2) is 31.6 Å². The number of halogens is 2. The second-order valence-electron chi connectivity index (χ2n) is 5.95. The zero-order chi connectivity index (χ0) is 18.4. The quantitative estimate of drug-likeness (QED) is 0.284. The first kappa shape index (κ1) is 21.0. The molecule has 0 radical (unpaired) electrons. The largest absolute Gasteiger partial charge is 0.497 e. The molecule has 0 spiro atoms. The van der Waals surface area contributed by atoms with Crippen LogP contribution in [0, 0.1) is 5.82 Å².